The average Bonchev–Trinajstić information content (AvgIpc) is 2.42. The summed E-state index contributed by atoms with van der Waals surface area (Å²) in [6.07, 6.45) is 1.57. The monoisotopic (exact) mass is 503 g/mol. The summed E-state index contributed by atoms with van der Waals surface area (Å²) >= 11 is 9.31. The van der Waals surface area contributed by atoms with E-state index in [1.807, 2.05) is 24.3 Å². The maximum atomic E-state index is 4.34. The van der Waals surface area contributed by atoms with Crippen molar-refractivity contribution in [2.75, 3.05) is 5.32 Å². The van der Waals surface area contributed by atoms with E-state index in [1.165, 1.54) is 3.57 Å². The quantitative estimate of drug-likeness (QED) is 0.468. The number of nitrogens with zero attached hydrogens (tertiary/aromatic N) is 2. The van der Waals surface area contributed by atoms with Crippen LogP contribution in [0.15, 0.2) is 51.7 Å². The summed E-state index contributed by atoms with van der Waals surface area (Å²) in [5, 5.41) is 4.30. The summed E-state index contributed by atoms with van der Waals surface area (Å²) in [5.74, 6) is 0.790. The molecule has 0 radical (unpaired) electrons. The first kappa shape index (κ1) is 14.2. The fourth-order valence-corrected chi connectivity index (χ4v) is 3.55. The van der Waals surface area contributed by atoms with Gasteiger partial charge in [-0.05, 0) is 74.9 Å². The lowest BCUT2D eigenvalue weighted by atomic mass is 10.2. The molecule has 0 unspecified atom stereocenters. The summed E-state index contributed by atoms with van der Waals surface area (Å²) in [6, 6.07) is 12.2. The Morgan fingerprint density at radius 2 is 1.75 bits per heavy atom. The molecule has 3 aromatic rings. The first-order valence-corrected chi connectivity index (χ1v) is 8.42. The molecule has 1 aromatic heterocycles. The van der Waals surface area contributed by atoms with E-state index in [1.54, 1.807) is 6.33 Å². The van der Waals surface area contributed by atoms with Gasteiger partial charge in [0.1, 0.15) is 12.1 Å². The fourth-order valence-electron chi connectivity index (χ4n) is 1.86. The third-order valence-corrected chi connectivity index (χ3v) is 4.55. The van der Waals surface area contributed by atoms with Gasteiger partial charge < -0.3 is 5.32 Å². The highest BCUT2D eigenvalue weighted by atomic mass is 127. The Balaban J connectivity index is 2.09. The number of aromatic nitrogens is 2. The van der Waals surface area contributed by atoms with E-state index in [4.69, 9.17) is 0 Å². The van der Waals surface area contributed by atoms with Crippen LogP contribution in [0.5, 0.6) is 0 Å². The van der Waals surface area contributed by atoms with E-state index in [0.29, 0.717) is 0 Å². The second-order valence-electron chi connectivity index (χ2n) is 4.14. The molecule has 20 heavy (non-hydrogen) atoms. The Hall–Kier alpha value is -0.730. The predicted molar refractivity (Wildman–Crippen MR) is 97.4 cm³/mol. The van der Waals surface area contributed by atoms with Crippen molar-refractivity contribution in [3.63, 3.8) is 0 Å². The number of benzene rings is 2. The van der Waals surface area contributed by atoms with Gasteiger partial charge in [-0.3, -0.25) is 0 Å². The van der Waals surface area contributed by atoms with Crippen LogP contribution in [0.4, 0.5) is 11.5 Å². The molecule has 0 fully saturated rings. The third-order valence-electron chi connectivity index (χ3n) is 2.76. The smallest absolute Gasteiger partial charge is 0.141 e. The van der Waals surface area contributed by atoms with Crippen LogP contribution in [-0.2, 0) is 0 Å². The zero-order valence-electron chi connectivity index (χ0n) is 10.1. The molecule has 0 aliphatic rings. The molecule has 0 bridgehead atoms. The number of hydrogen-bond donors (Lipinski definition) is 1. The van der Waals surface area contributed by atoms with E-state index < -0.39 is 0 Å². The molecule has 2 aromatic carbocycles. The lowest BCUT2D eigenvalue weighted by Crippen LogP contribution is -1.96. The highest BCUT2D eigenvalue weighted by Gasteiger charge is 2.08. The highest BCUT2D eigenvalue weighted by Crippen LogP contribution is 2.31. The molecular formula is C14H8Br2IN3. The maximum Gasteiger partial charge on any atom is 0.141 e. The van der Waals surface area contributed by atoms with Crippen LogP contribution in [0.3, 0.4) is 0 Å². The van der Waals surface area contributed by atoms with E-state index >= 15 is 0 Å². The van der Waals surface area contributed by atoms with Crippen molar-refractivity contribution in [1.29, 1.82) is 0 Å². The van der Waals surface area contributed by atoms with E-state index in [9.17, 15) is 0 Å². The Bertz CT molecular complexity index is 775. The summed E-state index contributed by atoms with van der Waals surface area (Å²) in [4.78, 5) is 8.66. The van der Waals surface area contributed by atoms with Gasteiger partial charge in [-0.25, -0.2) is 9.97 Å². The van der Waals surface area contributed by atoms with Crippen LogP contribution in [0.1, 0.15) is 0 Å². The van der Waals surface area contributed by atoms with Gasteiger partial charge in [0.05, 0.1) is 5.52 Å². The summed E-state index contributed by atoms with van der Waals surface area (Å²) in [5.41, 5.74) is 1.89. The van der Waals surface area contributed by atoms with Crippen molar-refractivity contribution in [2.45, 2.75) is 0 Å². The van der Waals surface area contributed by atoms with Crippen molar-refractivity contribution < 1.29 is 0 Å². The molecular weight excluding hydrogens is 497 g/mol. The van der Waals surface area contributed by atoms with Gasteiger partial charge in [0.15, 0.2) is 0 Å². The SMILES string of the molecule is Brc1cc(Br)c2ncnc(Nc3ccc(I)cc3)c2c1. The number of rotatable bonds is 2. The largest absolute Gasteiger partial charge is 0.340 e. The van der Waals surface area contributed by atoms with Gasteiger partial charge in [0, 0.05) is 23.6 Å². The van der Waals surface area contributed by atoms with Crippen LogP contribution in [-0.4, -0.2) is 9.97 Å². The molecule has 100 valence electrons. The predicted octanol–water partition coefficient (Wildman–Crippen LogP) is 5.50. The molecule has 3 rings (SSSR count). The summed E-state index contributed by atoms with van der Waals surface area (Å²) < 4.78 is 3.12. The topological polar surface area (TPSA) is 37.8 Å². The molecule has 0 amide bonds. The van der Waals surface area contributed by atoms with Gasteiger partial charge in [-0.1, -0.05) is 15.9 Å². The van der Waals surface area contributed by atoms with Crippen molar-refractivity contribution in [3.05, 3.63) is 55.2 Å². The summed E-state index contributed by atoms with van der Waals surface area (Å²) in [6.45, 7) is 0. The Labute approximate surface area is 146 Å². The number of fused-ring (bicyclic) bond motifs is 1. The molecule has 0 atom stereocenters. The van der Waals surface area contributed by atoms with E-state index in [-0.39, 0.29) is 0 Å². The van der Waals surface area contributed by atoms with Crippen LogP contribution in [0, 0.1) is 3.57 Å². The van der Waals surface area contributed by atoms with Crippen LogP contribution in [0.25, 0.3) is 10.9 Å². The van der Waals surface area contributed by atoms with E-state index in [2.05, 4.69) is 81.9 Å². The maximum absolute atomic E-state index is 4.34. The molecule has 0 aliphatic carbocycles. The van der Waals surface area contributed by atoms with Crippen LogP contribution < -0.4 is 5.32 Å². The minimum Gasteiger partial charge on any atom is -0.340 e. The first-order chi connectivity index (χ1) is 9.63. The standard InChI is InChI=1S/C14H8Br2IN3/c15-8-5-11-13(12(16)6-8)18-7-19-14(11)20-10-3-1-9(17)2-4-10/h1-7H,(H,18,19,20). The van der Waals surface area contributed by atoms with Gasteiger partial charge in [0.2, 0.25) is 0 Å². The zero-order chi connectivity index (χ0) is 14.1. The minimum absolute atomic E-state index is 0.790. The van der Waals surface area contributed by atoms with Crippen molar-refractivity contribution in [2.24, 2.45) is 0 Å². The number of nitrogens with one attached hydrogen (secondary N) is 1. The number of halogens is 3. The van der Waals surface area contributed by atoms with Gasteiger partial charge >= 0.3 is 0 Å². The lowest BCUT2D eigenvalue weighted by molar-refractivity contribution is 1.21. The second-order valence-corrected chi connectivity index (χ2v) is 7.15. The van der Waals surface area contributed by atoms with Crippen LogP contribution in [0.2, 0.25) is 0 Å². The lowest BCUT2D eigenvalue weighted by Gasteiger charge is -2.09. The van der Waals surface area contributed by atoms with Crippen molar-refractivity contribution >= 4 is 76.9 Å². The van der Waals surface area contributed by atoms with Crippen molar-refractivity contribution in [1.82, 2.24) is 9.97 Å². The average molecular weight is 505 g/mol. The normalized spacial score (nSPS) is 10.8. The molecule has 3 nitrogen and oxygen atoms in total. The molecule has 1 heterocycles. The molecule has 0 saturated carbocycles. The second kappa shape index (κ2) is 5.95. The molecule has 0 aliphatic heterocycles. The molecule has 1 N–H and O–H groups in total. The summed E-state index contributed by atoms with van der Waals surface area (Å²) in [7, 11) is 0. The third kappa shape index (κ3) is 2.96. The van der Waals surface area contributed by atoms with Gasteiger partial charge in [-0.2, -0.15) is 0 Å². The number of hydrogen-bond acceptors (Lipinski definition) is 3. The Morgan fingerprint density at radius 1 is 1.00 bits per heavy atom. The van der Waals surface area contributed by atoms with Crippen molar-refractivity contribution in [3.8, 4) is 0 Å². The van der Waals surface area contributed by atoms with Gasteiger partial charge in [0.25, 0.3) is 0 Å². The number of anilines is 2. The fraction of sp³-hybridized carbons (Fsp3) is 0. The first-order valence-electron chi connectivity index (χ1n) is 5.76. The zero-order valence-corrected chi connectivity index (χ0v) is 15.4. The Morgan fingerprint density at radius 3 is 2.50 bits per heavy atom. The molecule has 0 spiro atoms. The Kier molecular flexibility index (Phi) is 4.23. The van der Waals surface area contributed by atoms with E-state index in [0.717, 1.165) is 31.4 Å². The van der Waals surface area contributed by atoms with Crippen LogP contribution >= 0.6 is 54.5 Å². The minimum atomic E-state index is 0.790. The highest BCUT2D eigenvalue weighted by molar-refractivity contribution is 14.1. The molecule has 6 heteroatoms. The molecule has 0 saturated heterocycles. The van der Waals surface area contributed by atoms with Gasteiger partial charge in [-0.15, -0.1) is 0 Å².